The van der Waals surface area contributed by atoms with Gasteiger partial charge in [0, 0.05) is 10.0 Å². The molecule has 1 aliphatic heterocycles. The van der Waals surface area contributed by atoms with Crippen molar-refractivity contribution in [2.45, 2.75) is 6.54 Å². The van der Waals surface area contributed by atoms with E-state index in [0.717, 1.165) is 22.9 Å². The van der Waals surface area contributed by atoms with Gasteiger partial charge in [-0.3, -0.25) is 14.5 Å². The highest BCUT2D eigenvalue weighted by Crippen LogP contribution is 2.34. The maximum atomic E-state index is 12.5. The molecule has 0 bridgehead atoms. The fraction of sp³-hybridized carbons (Fsp3) is 0.0588. The van der Waals surface area contributed by atoms with Crippen molar-refractivity contribution in [1.29, 1.82) is 0 Å². The summed E-state index contributed by atoms with van der Waals surface area (Å²) < 4.78 is 0. The van der Waals surface area contributed by atoms with Gasteiger partial charge in [-0.2, -0.15) is 0 Å². The molecule has 0 radical (unpaired) electrons. The molecule has 6 heteroatoms. The molecule has 1 fully saturated rings. The minimum absolute atomic E-state index is 0.164. The van der Waals surface area contributed by atoms with E-state index in [1.165, 1.54) is 4.90 Å². The maximum absolute atomic E-state index is 12.5. The first kappa shape index (κ1) is 16.1. The molecule has 23 heavy (non-hydrogen) atoms. The van der Waals surface area contributed by atoms with Gasteiger partial charge in [0.2, 0.25) is 0 Å². The summed E-state index contributed by atoms with van der Waals surface area (Å²) in [5.41, 5.74) is 1.52. The Morgan fingerprint density at radius 2 is 1.83 bits per heavy atom. The SMILES string of the molecule is O=C1S/C(=C/c2cccc(Cl)c2)C(=O)N1Cc1ccccc1Cl. The fourth-order valence-corrected chi connectivity index (χ4v) is 3.41. The van der Waals surface area contributed by atoms with E-state index in [-0.39, 0.29) is 17.7 Å². The number of halogens is 2. The lowest BCUT2D eigenvalue weighted by Crippen LogP contribution is -2.27. The third-order valence-corrected chi connectivity index (χ3v) is 4.82. The van der Waals surface area contributed by atoms with Gasteiger partial charge >= 0.3 is 0 Å². The van der Waals surface area contributed by atoms with Crippen molar-refractivity contribution in [2.75, 3.05) is 0 Å². The second-order valence-corrected chi connectivity index (χ2v) is 6.75. The van der Waals surface area contributed by atoms with Crippen LogP contribution >= 0.6 is 35.0 Å². The third-order valence-electron chi connectivity index (χ3n) is 3.31. The smallest absolute Gasteiger partial charge is 0.268 e. The number of imide groups is 1. The molecule has 3 nitrogen and oxygen atoms in total. The number of hydrogen-bond donors (Lipinski definition) is 0. The number of carbonyl (C=O) groups excluding carboxylic acids is 2. The van der Waals surface area contributed by atoms with E-state index >= 15 is 0 Å². The van der Waals surface area contributed by atoms with Crippen LogP contribution in [0.25, 0.3) is 6.08 Å². The number of thioether (sulfide) groups is 1. The monoisotopic (exact) mass is 363 g/mol. The van der Waals surface area contributed by atoms with E-state index in [4.69, 9.17) is 23.2 Å². The Kier molecular flexibility index (Phi) is 4.76. The maximum Gasteiger partial charge on any atom is 0.293 e. The zero-order valence-electron chi connectivity index (χ0n) is 11.8. The predicted molar refractivity (Wildman–Crippen MR) is 94.4 cm³/mol. The second-order valence-electron chi connectivity index (χ2n) is 4.91. The Bertz CT molecular complexity index is 820. The molecule has 2 aromatic rings. The molecule has 0 N–H and O–H groups in total. The molecule has 1 aliphatic rings. The zero-order chi connectivity index (χ0) is 16.4. The molecule has 2 aromatic carbocycles. The van der Waals surface area contributed by atoms with Crippen molar-refractivity contribution in [3.63, 3.8) is 0 Å². The van der Waals surface area contributed by atoms with Crippen molar-refractivity contribution in [2.24, 2.45) is 0 Å². The molecule has 0 spiro atoms. The number of nitrogens with zero attached hydrogens (tertiary/aromatic N) is 1. The van der Waals surface area contributed by atoms with Crippen molar-refractivity contribution in [3.8, 4) is 0 Å². The van der Waals surface area contributed by atoms with Crippen LogP contribution in [0.2, 0.25) is 10.0 Å². The molecule has 0 unspecified atom stereocenters. The van der Waals surface area contributed by atoms with Crippen LogP contribution in [-0.2, 0) is 11.3 Å². The Labute approximate surface area is 147 Å². The predicted octanol–water partition coefficient (Wildman–Crippen LogP) is 5.23. The van der Waals surface area contributed by atoms with Gasteiger partial charge in [-0.1, -0.05) is 53.5 Å². The second kappa shape index (κ2) is 6.79. The number of amides is 2. The first-order chi connectivity index (χ1) is 11.0. The van der Waals surface area contributed by atoms with Crippen LogP contribution in [0.1, 0.15) is 11.1 Å². The van der Waals surface area contributed by atoms with Gasteiger partial charge in [0.05, 0.1) is 11.4 Å². The minimum Gasteiger partial charge on any atom is -0.268 e. The fourth-order valence-electron chi connectivity index (χ4n) is 2.18. The molecule has 116 valence electrons. The van der Waals surface area contributed by atoms with Crippen LogP contribution in [0.4, 0.5) is 4.79 Å². The van der Waals surface area contributed by atoms with Crippen molar-refractivity contribution >= 4 is 52.2 Å². The largest absolute Gasteiger partial charge is 0.293 e. The average molecular weight is 364 g/mol. The molecule has 1 heterocycles. The van der Waals surface area contributed by atoms with Crippen molar-refractivity contribution in [3.05, 3.63) is 74.6 Å². The molecule has 0 aliphatic carbocycles. The lowest BCUT2D eigenvalue weighted by molar-refractivity contribution is -0.123. The van der Waals surface area contributed by atoms with Gasteiger partial charge in [0.15, 0.2) is 0 Å². The van der Waals surface area contributed by atoms with Gasteiger partial charge in [-0.25, -0.2) is 0 Å². The first-order valence-corrected chi connectivity index (χ1v) is 8.36. The van der Waals surface area contributed by atoms with E-state index in [1.807, 2.05) is 12.1 Å². The zero-order valence-corrected chi connectivity index (χ0v) is 14.2. The summed E-state index contributed by atoms with van der Waals surface area (Å²) in [5.74, 6) is -0.320. The third kappa shape index (κ3) is 3.61. The Morgan fingerprint density at radius 1 is 1.04 bits per heavy atom. The molecule has 3 rings (SSSR count). The molecule has 1 saturated heterocycles. The molecule has 0 atom stereocenters. The standard InChI is InChI=1S/C17H11Cl2NO2S/c18-13-6-3-4-11(8-13)9-15-16(21)20(17(22)23-15)10-12-5-1-2-7-14(12)19/h1-9H,10H2/b15-9+. The normalized spacial score (nSPS) is 16.4. The van der Waals surface area contributed by atoms with E-state index in [0.29, 0.717) is 15.0 Å². The summed E-state index contributed by atoms with van der Waals surface area (Å²) in [4.78, 5) is 26.2. The molecule has 0 aromatic heterocycles. The van der Waals surface area contributed by atoms with Crippen LogP contribution < -0.4 is 0 Å². The van der Waals surface area contributed by atoms with E-state index in [9.17, 15) is 9.59 Å². The van der Waals surface area contributed by atoms with Gasteiger partial charge in [0.1, 0.15) is 0 Å². The van der Waals surface area contributed by atoms with E-state index < -0.39 is 0 Å². The average Bonchev–Trinajstić information content (AvgIpc) is 2.77. The van der Waals surface area contributed by atoms with Crippen LogP contribution in [0, 0.1) is 0 Å². The molecule has 2 amide bonds. The van der Waals surface area contributed by atoms with Crippen LogP contribution in [0.3, 0.4) is 0 Å². The lowest BCUT2D eigenvalue weighted by Gasteiger charge is -2.13. The molecular weight excluding hydrogens is 353 g/mol. The molecule has 0 saturated carbocycles. The summed E-state index contributed by atoms with van der Waals surface area (Å²) in [5, 5.41) is 0.808. The van der Waals surface area contributed by atoms with E-state index in [2.05, 4.69) is 0 Å². The van der Waals surface area contributed by atoms with Crippen LogP contribution in [-0.4, -0.2) is 16.0 Å². The highest BCUT2D eigenvalue weighted by molar-refractivity contribution is 8.18. The van der Waals surface area contributed by atoms with Crippen LogP contribution in [0.15, 0.2) is 53.4 Å². The van der Waals surface area contributed by atoms with Crippen LogP contribution in [0.5, 0.6) is 0 Å². The summed E-state index contributed by atoms with van der Waals surface area (Å²) in [6.07, 6.45) is 1.67. The summed E-state index contributed by atoms with van der Waals surface area (Å²) in [6, 6.07) is 14.3. The number of carbonyl (C=O) groups is 2. The number of benzene rings is 2. The first-order valence-electron chi connectivity index (χ1n) is 6.79. The quantitative estimate of drug-likeness (QED) is 0.700. The van der Waals surface area contributed by atoms with E-state index in [1.54, 1.807) is 42.5 Å². The topological polar surface area (TPSA) is 37.4 Å². The Morgan fingerprint density at radius 3 is 2.57 bits per heavy atom. The highest BCUT2D eigenvalue weighted by Gasteiger charge is 2.35. The van der Waals surface area contributed by atoms with Gasteiger partial charge < -0.3 is 0 Å². The van der Waals surface area contributed by atoms with Gasteiger partial charge in [-0.05, 0) is 47.2 Å². The lowest BCUT2D eigenvalue weighted by atomic mass is 10.2. The number of hydrogen-bond acceptors (Lipinski definition) is 3. The Balaban J connectivity index is 1.84. The number of rotatable bonds is 3. The molecular formula is C17H11Cl2NO2S. The summed E-state index contributed by atoms with van der Waals surface area (Å²) in [6.45, 7) is 0.164. The van der Waals surface area contributed by atoms with Crippen molar-refractivity contribution < 1.29 is 9.59 Å². The minimum atomic E-state index is -0.320. The summed E-state index contributed by atoms with van der Waals surface area (Å²) >= 11 is 13.0. The van der Waals surface area contributed by atoms with Crippen molar-refractivity contribution in [1.82, 2.24) is 4.90 Å². The van der Waals surface area contributed by atoms with Gasteiger partial charge in [-0.15, -0.1) is 0 Å². The Hall–Kier alpha value is -1.75. The summed E-state index contributed by atoms with van der Waals surface area (Å²) in [7, 11) is 0. The van der Waals surface area contributed by atoms with Gasteiger partial charge in [0.25, 0.3) is 11.1 Å². The highest BCUT2D eigenvalue weighted by atomic mass is 35.5.